The summed E-state index contributed by atoms with van der Waals surface area (Å²) in [6.07, 6.45) is 2.62. The van der Waals surface area contributed by atoms with E-state index in [1.165, 1.54) is 11.7 Å². The summed E-state index contributed by atoms with van der Waals surface area (Å²) < 4.78 is 6.39. The summed E-state index contributed by atoms with van der Waals surface area (Å²) in [7, 11) is 1.50. The Hall–Kier alpha value is -1.52. The molecule has 0 radical (unpaired) electrons. The Morgan fingerprint density at radius 2 is 2.31 bits per heavy atom. The van der Waals surface area contributed by atoms with Crippen molar-refractivity contribution in [3.8, 4) is 6.01 Å². The van der Waals surface area contributed by atoms with Crippen molar-refractivity contribution in [2.45, 2.75) is 27.2 Å². The Morgan fingerprint density at radius 3 is 2.88 bits per heavy atom. The number of hydrogen-bond donors (Lipinski definition) is 1. The summed E-state index contributed by atoms with van der Waals surface area (Å²) in [5, 5.41) is 2.82. The third-order valence-electron chi connectivity index (χ3n) is 2.19. The number of carbonyl (C=O) groups excluding carboxylic acids is 1. The molecule has 90 valence electrons. The average molecular weight is 225 g/mol. The van der Waals surface area contributed by atoms with Crippen LogP contribution in [-0.2, 0) is 0 Å². The minimum absolute atomic E-state index is 0.196. The normalized spacial score (nSPS) is 10.6. The number of aromatic nitrogens is 2. The van der Waals surface area contributed by atoms with Crippen LogP contribution in [0.15, 0.2) is 6.20 Å². The molecule has 0 unspecified atom stereocenters. The van der Waals surface area contributed by atoms with Crippen molar-refractivity contribution < 1.29 is 9.53 Å². The van der Waals surface area contributed by atoms with Gasteiger partial charge in [-0.05, 0) is 19.3 Å². The summed E-state index contributed by atoms with van der Waals surface area (Å²) in [5.74, 6) is 0.576. The Kier molecular flexibility index (Phi) is 4.34. The molecule has 0 fully saturated rings. The second kappa shape index (κ2) is 5.53. The van der Waals surface area contributed by atoms with Crippen LogP contribution in [0.25, 0.3) is 0 Å². The van der Waals surface area contributed by atoms with Gasteiger partial charge in [-0.2, -0.15) is 0 Å². The second-order valence-electron chi connectivity index (χ2n) is 4.15. The van der Waals surface area contributed by atoms with E-state index >= 15 is 0 Å². The third-order valence-corrected chi connectivity index (χ3v) is 2.19. The fraction of sp³-hybridized carbons (Fsp3) is 0.636. The van der Waals surface area contributed by atoms with E-state index in [9.17, 15) is 4.79 Å². The molecule has 1 rings (SSSR count). The molecule has 0 aliphatic heterocycles. The van der Waals surface area contributed by atoms with Gasteiger partial charge in [-0.1, -0.05) is 13.8 Å². The first-order valence-electron chi connectivity index (χ1n) is 5.42. The van der Waals surface area contributed by atoms with Gasteiger partial charge in [0.25, 0.3) is 0 Å². The van der Waals surface area contributed by atoms with Crippen LogP contribution in [0.1, 0.15) is 26.0 Å². The lowest BCUT2D eigenvalue weighted by Crippen LogP contribution is -2.29. The minimum Gasteiger partial charge on any atom is -0.468 e. The first-order chi connectivity index (χ1) is 7.54. The standard InChI is InChI=1S/C11H19N3O2/c1-8(2)5-6-12-10(15)14-7-9(3)13-11(14)16-4/h7-8H,5-6H2,1-4H3,(H,12,15). The molecule has 1 aromatic rings. The molecule has 1 amide bonds. The number of carbonyl (C=O) groups is 1. The molecule has 1 heterocycles. The van der Waals surface area contributed by atoms with Gasteiger partial charge >= 0.3 is 12.0 Å². The molecule has 5 heteroatoms. The Labute approximate surface area is 95.8 Å². The van der Waals surface area contributed by atoms with Gasteiger partial charge in [0.05, 0.1) is 12.8 Å². The highest BCUT2D eigenvalue weighted by Gasteiger charge is 2.12. The number of methoxy groups -OCH3 is 1. The zero-order valence-corrected chi connectivity index (χ0v) is 10.3. The molecule has 1 aromatic heterocycles. The van der Waals surface area contributed by atoms with E-state index in [4.69, 9.17) is 4.74 Å². The van der Waals surface area contributed by atoms with Crippen LogP contribution in [0, 0.1) is 12.8 Å². The van der Waals surface area contributed by atoms with Gasteiger partial charge in [-0.15, -0.1) is 0 Å². The summed E-state index contributed by atoms with van der Waals surface area (Å²) in [5.41, 5.74) is 0.760. The van der Waals surface area contributed by atoms with Gasteiger partial charge in [-0.25, -0.2) is 14.3 Å². The molecule has 0 aromatic carbocycles. The van der Waals surface area contributed by atoms with Gasteiger partial charge in [0.2, 0.25) is 0 Å². The summed E-state index contributed by atoms with van der Waals surface area (Å²) in [6.45, 7) is 6.72. The van der Waals surface area contributed by atoms with Crippen molar-refractivity contribution in [3.05, 3.63) is 11.9 Å². The number of nitrogens with zero attached hydrogens (tertiary/aromatic N) is 2. The van der Waals surface area contributed by atoms with Crippen LogP contribution < -0.4 is 10.1 Å². The van der Waals surface area contributed by atoms with E-state index < -0.39 is 0 Å². The lowest BCUT2D eigenvalue weighted by Gasteiger charge is -2.08. The second-order valence-corrected chi connectivity index (χ2v) is 4.15. The monoisotopic (exact) mass is 225 g/mol. The van der Waals surface area contributed by atoms with E-state index in [1.807, 2.05) is 6.92 Å². The maximum Gasteiger partial charge on any atom is 0.329 e. The molecule has 0 aliphatic rings. The Balaban J connectivity index is 2.58. The lowest BCUT2D eigenvalue weighted by molar-refractivity contribution is 0.237. The third kappa shape index (κ3) is 3.25. The van der Waals surface area contributed by atoms with Crippen molar-refractivity contribution in [1.82, 2.24) is 14.9 Å². The van der Waals surface area contributed by atoms with Crippen LogP contribution >= 0.6 is 0 Å². The highest BCUT2D eigenvalue weighted by molar-refractivity contribution is 5.78. The van der Waals surface area contributed by atoms with E-state index in [0.29, 0.717) is 18.5 Å². The predicted octanol–water partition coefficient (Wildman–Crippen LogP) is 1.80. The molecule has 16 heavy (non-hydrogen) atoms. The zero-order valence-electron chi connectivity index (χ0n) is 10.3. The molecule has 0 spiro atoms. The molecule has 0 bridgehead atoms. The van der Waals surface area contributed by atoms with Crippen molar-refractivity contribution in [1.29, 1.82) is 0 Å². The quantitative estimate of drug-likeness (QED) is 0.850. The van der Waals surface area contributed by atoms with Crippen molar-refractivity contribution in [2.24, 2.45) is 5.92 Å². The van der Waals surface area contributed by atoms with Crippen LogP contribution in [0.3, 0.4) is 0 Å². The molecule has 0 aliphatic carbocycles. The van der Waals surface area contributed by atoms with Crippen LogP contribution in [-0.4, -0.2) is 29.2 Å². The van der Waals surface area contributed by atoms with Gasteiger partial charge in [0.15, 0.2) is 0 Å². The van der Waals surface area contributed by atoms with E-state index in [0.717, 1.165) is 12.1 Å². The first-order valence-corrected chi connectivity index (χ1v) is 5.42. The van der Waals surface area contributed by atoms with Crippen LogP contribution in [0.5, 0.6) is 6.01 Å². The number of nitrogens with one attached hydrogen (secondary N) is 1. The van der Waals surface area contributed by atoms with Crippen LogP contribution in [0.4, 0.5) is 4.79 Å². The highest BCUT2D eigenvalue weighted by atomic mass is 16.5. The minimum atomic E-state index is -0.196. The van der Waals surface area contributed by atoms with Crippen LogP contribution in [0.2, 0.25) is 0 Å². The summed E-state index contributed by atoms with van der Waals surface area (Å²) in [6, 6.07) is 0.123. The van der Waals surface area contributed by atoms with E-state index in [-0.39, 0.29) is 6.03 Å². The molecule has 0 saturated heterocycles. The summed E-state index contributed by atoms with van der Waals surface area (Å²) in [4.78, 5) is 15.8. The lowest BCUT2D eigenvalue weighted by atomic mass is 10.1. The summed E-state index contributed by atoms with van der Waals surface area (Å²) >= 11 is 0. The van der Waals surface area contributed by atoms with Crippen molar-refractivity contribution >= 4 is 6.03 Å². The maximum absolute atomic E-state index is 11.8. The van der Waals surface area contributed by atoms with Crippen molar-refractivity contribution in [2.75, 3.05) is 13.7 Å². The van der Waals surface area contributed by atoms with Gasteiger partial charge in [0, 0.05) is 12.7 Å². The Bertz CT molecular complexity index is 358. The zero-order chi connectivity index (χ0) is 12.1. The molecule has 0 saturated carbocycles. The number of ether oxygens (including phenoxy) is 1. The number of rotatable bonds is 4. The van der Waals surface area contributed by atoms with Gasteiger partial charge < -0.3 is 10.1 Å². The number of imidazole rings is 1. The fourth-order valence-electron chi connectivity index (χ4n) is 1.32. The van der Waals surface area contributed by atoms with Gasteiger partial charge in [-0.3, -0.25) is 0 Å². The number of hydrogen-bond acceptors (Lipinski definition) is 3. The number of amides is 1. The van der Waals surface area contributed by atoms with Gasteiger partial charge in [0.1, 0.15) is 0 Å². The topological polar surface area (TPSA) is 56.2 Å². The predicted molar refractivity (Wildman–Crippen MR) is 61.8 cm³/mol. The largest absolute Gasteiger partial charge is 0.468 e. The Morgan fingerprint density at radius 1 is 1.62 bits per heavy atom. The maximum atomic E-state index is 11.8. The highest BCUT2D eigenvalue weighted by Crippen LogP contribution is 2.09. The molecular formula is C11H19N3O2. The van der Waals surface area contributed by atoms with E-state index in [1.54, 1.807) is 6.20 Å². The van der Waals surface area contributed by atoms with Crippen molar-refractivity contribution in [3.63, 3.8) is 0 Å². The fourth-order valence-corrected chi connectivity index (χ4v) is 1.32. The molecule has 1 N–H and O–H groups in total. The van der Waals surface area contributed by atoms with E-state index in [2.05, 4.69) is 24.1 Å². The SMILES string of the molecule is COc1nc(C)cn1C(=O)NCCC(C)C. The average Bonchev–Trinajstić information content (AvgIpc) is 2.59. The molecule has 0 atom stereocenters. The first kappa shape index (κ1) is 12.5. The molecule has 5 nitrogen and oxygen atoms in total. The number of aryl methyl sites for hydroxylation is 1. The smallest absolute Gasteiger partial charge is 0.329 e. The molecular weight excluding hydrogens is 206 g/mol.